The summed E-state index contributed by atoms with van der Waals surface area (Å²) in [6.07, 6.45) is 1.53. The molecule has 2 aromatic heterocycles. The van der Waals surface area contributed by atoms with E-state index >= 15 is 0 Å². The Kier molecular flexibility index (Phi) is 6.24. The fourth-order valence-electron chi connectivity index (χ4n) is 1.93. The number of hydrogen-bond donors (Lipinski definition) is 2. The Labute approximate surface area is 142 Å². The number of amides is 1. The number of nitrogens with two attached hydrogens (primary N) is 1. The van der Waals surface area contributed by atoms with Gasteiger partial charge < -0.3 is 20.2 Å². The van der Waals surface area contributed by atoms with Gasteiger partial charge in [-0.15, -0.1) is 10.2 Å². The minimum Gasteiger partial charge on any atom is -0.467 e. The van der Waals surface area contributed by atoms with Crippen LogP contribution in [0.4, 0.5) is 5.95 Å². The Balaban J connectivity index is 1.99. The lowest BCUT2D eigenvalue weighted by Crippen LogP contribution is -2.31. The molecular weight excluding hydrogens is 334 g/mol. The van der Waals surface area contributed by atoms with Gasteiger partial charge in [-0.2, -0.15) is 0 Å². The van der Waals surface area contributed by atoms with Crippen molar-refractivity contribution in [1.29, 1.82) is 0 Å². The molecule has 0 aliphatic heterocycles. The molecule has 2 heterocycles. The largest absolute Gasteiger partial charge is 0.467 e. The Morgan fingerprint density at radius 2 is 2.29 bits per heavy atom. The van der Waals surface area contributed by atoms with Gasteiger partial charge in [0, 0.05) is 0 Å². The van der Waals surface area contributed by atoms with Crippen molar-refractivity contribution in [3.63, 3.8) is 0 Å². The molecule has 1 unspecified atom stereocenters. The highest BCUT2D eigenvalue weighted by molar-refractivity contribution is 7.99. The van der Waals surface area contributed by atoms with Gasteiger partial charge in [0.2, 0.25) is 11.9 Å². The van der Waals surface area contributed by atoms with E-state index in [0.29, 0.717) is 17.5 Å². The molecule has 0 bridgehead atoms. The van der Waals surface area contributed by atoms with E-state index in [9.17, 15) is 9.59 Å². The zero-order chi connectivity index (χ0) is 17.5. The molecule has 0 aromatic carbocycles. The highest BCUT2D eigenvalue weighted by Gasteiger charge is 2.22. The van der Waals surface area contributed by atoms with Gasteiger partial charge in [-0.25, -0.2) is 0 Å². The van der Waals surface area contributed by atoms with E-state index in [1.807, 2.05) is 0 Å². The first-order valence-corrected chi connectivity index (χ1v) is 8.30. The summed E-state index contributed by atoms with van der Waals surface area (Å²) < 4.78 is 11.5. The fraction of sp³-hybridized carbons (Fsp3) is 0.429. The van der Waals surface area contributed by atoms with Gasteiger partial charge in [-0.05, 0) is 26.0 Å². The number of hydrogen-bond acceptors (Lipinski definition) is 8. The summed E-state index contributed by atoms with van der Waals surface area (Å²) in [6.45, 7) is 3.98. The van der Waals surface area contributed by atoms with Crippen LogP contribution in [0.2, 0.25) is 0 Å². The van der Waals surface area contributed by atoms with E-state index < -0.39 is 6.04 Å². The second kappa shape index (κ2) is 8.39. The summed E-state index contributed by atoms with van der Waals surface area (Å²) in [5, 5.41) is 10.8. The van der Waals surface area contributed by atoms with Crippen LogP contribution in [0.25, 0.3) is 0 Å². The van der Waals surface area contributed by atoms with Gasteiger partial charge >= 0.3 is 5.97 Å². The van der Waals surface area contributed by atoms with Crippen LogP contribution in [-0.4, -0.2) is 39.0 Å². The van der Waals surface area contributed by atoms with Crippen molar-refractivity contribution < 1.29 is 18.7 Å². The third-order valence-corrected chi connectivity index (χ3v) is 4.02. The number of nitrogen functional groups attached to an aromatic ring is 1. The van der Waals surface area contributed by atoms with Crippen molar-refractivity contribution in [1.82, 2.24) is 20.1 Å². The van der Waals surface area contributed by atoms with Gasteiger partial charge in [0.1, 0.15) is 11.8 Å². The summed E-state index contributed by atoms with van der Waals surface area (Å²) in [5.41, 5.74) is 5.80. The van der Waals surface area contributed by atoms with Crippen LogP contribution < -0.4 is 11.1 Å². The number of nitrogens with one attached hydrogen (secondary N) is 1. The predicted molar refractivity (Wildman–Crippen MR) is 87.1 cm³/mol. The normalized spacial score (nSPS) is 11.9. The molecule has 1 amide bonds. The highest BCUT2D eigenvalue weighted by Crippen LogP contribution is 2.23. The highest BCUT2D eigenvalue weighted by atomic mass is 32.2. The first-order chi connectivity index (χ1) is 11.5. The molecule has 0 saturated heterocycles. The Morgan fingerprint density at radius 1 is 1.50 bits per heavy atom. The van der Waals surface area contributed by atoms with E-state index in [2.05, 4.69) is 15.5 Å². The third-order valence-electron chi connectivity index (χ3n) is 3.10. The molecule has 0 saturated carbocycles. The molecule has 0 aliphatic rings. The van der Waals surface area contributed by atoms with Crippen LogP contribution in [0, 0.1) is 0 Å². The average Bonchev–Trinajstić information content (AvgIpc) is 3.20. The number of ether oxygens (including phenoxy) is 1. The lowest BCUT2D eigenvalue weighted by Gasteiger charge is -2.15. The molecule has 1 atom stereocenters. The van der Waals surface area contributed by atoms with Crippen molar-refractivity contribution in [3.05, 3.63) is 24.2 Å². The first-order valence-electron chi connectivity index (χ1n) is 7.31. The minimum absolute atomic E-state index is 0.0622. The van der Waals surface area contributed by atoms with Gasteiger partial charge in [0.05, 0.1) is 25.2 Å². The Morgan fingerprint density at radius 3 is 2.96 bits per heavy atom. The smallest absolute Gasteiger partial charge is 0.316 e. The molecule has 0 fully saturated rings. The number of carbonyl (C=O) groups excluding carboxylic acids is 2. The van der Waals surface area contributed by atoms with Crippen LogP contribution in [0.1, 0.15) is 25.6 Å². The Hall–Kier alpha value is -2.49. The van der Waals surface area contributed by atoms with Crippen molar-refractivity contribution in [2.24, 2.45) is 0 Å². The number of carbonyl (C=O) groups is 2. The van der Waals surface area contributed by atoms with Gasteiger partial charge in [0.25, 0.3) is 0 Å². The van der Waals surface area contributed by atoms with Crippen LogP contribution in [0.3, 0.4) is 0 Å². The maximum atomic E-state index is 12.3. The standard InChI is InChI=1S/C14H19N5O4S/c1-3-22-11(20)8-24-14-18-17-13(15)19(14)9(2)12(21)16-7-10-5-4-6-23-10/h4-6,9H,3,7-8H2,1-2H3,(H2,15,17)(H,16,21). The SMILES string of the molecule is CCOC(=O)CSc1nnc(N)n1C(C)C(=O)NCc1ccco1. The number of furan rings is 1. The lowest BCUT2D eigenvalue weighted by molar-refractivity contribution is -0.139. The molecule has 130 valence electrons. The number of esters is 1. The minimum atomic E-state index is -0.639. The van der Waals surface area contributed by atoms with Crippen molar-refractivity contribution >= 4 is 29.6 Å². The maximum Gasteiger partial charge on any atom is 0.316 e. The summed E-state index contributed by atoms with van der Waals surface area (Å²) in [5.74, 6) is 0.166. The number of nitrogens with zero attached hydrogens (tertiary/aromatic N) is 3. The first kappa shape index (κ1) is 17.9. The van der Waals surface area contributed by atoms with Crippen LogP contribution >= 0.6 is 11.8 Å². The quantitative estimate of drug-likeness (QED) is 0.531. The van der Waals surface area contributed by atoms with Gasteiger partial charge in [-0.3, -0.25) is 14.2 Å². The number of rotatable bonds is 8. The predicted octanol–water partition coefficient (Wildman–Crippen LogP) is 0.986. The van der Waals surface area contributed by atoms with Crippen LogP contribution in [0.5, 0.6) is 0 Å². The van der Waals surface area contributed by atoms with Crippen LogP contribution in [-0.2, 0) is 20.9 Å². The second-order valence-electron chi connectivity index (χ2n) is 4.78. The zero-order valence-electron chi connectivity index (χ0n) is 13.4. The summed E-state index contributed by atoms with van der Waals surface area (Å²) in [6, 6.07) is 2.87. The molecule has 9 nitrogen and oxygen atoms in total. The van der Waals surface area contributed by atoms with E-state index in [0.717, 1.165) is 11.8 Å². The molecule has 0 radical (unpaired) electrons. The van der Waals surface area contributed by atoms with E-state index in [1.54, 1.807) is 26.0 Å². The molecule has 0 spiro atoms. The monoisotopic (exact) mass is 353 g/mol. The third kappa shape index (κ3) is 4.51. The molecule has 0 aliphatic carbocycles. The molecule has 2 rings (SSSR count). The zero-order valence-corrected chi connectivity index (χ0v) is 14.2. The van der Waals surface area contributed by atoms with Gasteiger partial charge in [-0.1, -0.05) is 11.8 Å². The molecule has 3 N–H and O–H groups in total. The molecule has 24 heavy (non-hydrogen) atoms. The summed E-state index contributed by atoms with van der Waals surface area (Å²) in [7, 11) is 0. The summed E-state index contributed by atoms with van der Waals surface area (Å²) >= 11 is 1.11. The van der Waals surface area contributed by atoms with Crippen molar-refractivity contribution in [3.8, 4) is 0 Å². The molecular formula is C14H19N5O4S. The van der Waals surface area contributed by atoms with Gasteiger partial charge in [0.15, 0.2) is 5.16 Å². The maximum absolute atomic E-state index is 12.3. The number of thioether (sulfide) groups is 1. The number of anilines is 1. The lowest BCUT2D eigenvalue weighted by atomic mass is 10.3. The Bertz CT molecular complexity index is 685. The van der Waals surface area contributed by atoms with E-state index in [1.165, 1.54) is 10.8 Å². The van der Waals surface area contributed by atoms with Crippen molar-refractivity contribution in [2.45, 2.75) is 31.6 Å². The molecule has 10 heteroatoms. The average molecular weight is 353 g/mol. The van der Waals surface area contributed by atoms with Crippen molar-refractivity contribution in [2.75, 3.05) is 18.1 Å². The topological polar surface area (TPSA) is 125 Å². The van der Waals surface area contributed by atoms with E-state index in [4.69, 9.17) is 14.9 Å². The van der Waals surface area contributed by atoms with E-state index in [-0.39, 0.29) is 30.1 Å². The number of aromatic nitrogens is 3. The molecule has 2 aromatic rings. The van der Waals surface area contributed by atoms with Crippen LogP contribution in [0.15, 0.2) is 28.0 Å². The fourth-order valence-corrected chi connectivity index (χ4v) is 2.75. The second-order valence-corrected chi connectivity index (χ2v) is 5.72. The summed E-state index contributed by atoms with van der Waals surface area (Å²) in [4.78, 5) is 23.7.